The summed E-state index contributed by atoms with van der Waals surface area (Å²) in [7, 11) is 0. The van der Waals surface area contributed by atoms with Crippen molar-refractivity contribution in [2.75, 3.05) is 11.1 Å². The molecule has 0 bridgehead atoms. The molecule has 5 heteroatoms. The number of benzene rings is 1. The third kappa shape index (κ3) is 2.61. The van der Waals surface area contributed by atoms with Crippen molar-refractivity contribution in [2.24, 2.45) is 0 Å². The molecule has 1 aromatic heterocycles. The molecule has 0 aliphatic carbocycles. The molecule has 0 atom stereocenters. The highest BCUT2D eigenvalue weighted by Crippen LogP contribution is 2.20. The smallest absolute Gasteiger partial charge is 0.139 e. The van der Waals surface area contributed by atoms with Crippen LogP contribution in [-0.4, -0.2) is 4.37 Å². The predicted molar refractivity (Wildman–Crippen MR) is 65.3 cm³/mol. The second-order valence-corrected chi connectivity index (χ2v) is 4.27. The standard InChI is InChI=1S/C10H10ClN3S/c11-8-4-2-1-3-7(8)6-13-10-5-9(12)14-15-10/h1-5,13H,6H2,(H2,12,14). The highest BCUT2D eigenvalue weighted by Gasteiger charge is 2.00. The fourth-order valence-electron chi connectivity index (χ4n) is 1.20. The van der Waals surface area contributed by atoms with Crippen LogP contribution in [0.4, 0.5) is 10.8 Å². The number of rotatable bonds is 3. The van der Waals surface area contributed by atoms with Crippen molar-refractivity contribution < 1.29 is 0 Å². The van der Waals surface area contributed by atoms with Crippen molar-refractivity contribution >= 4 is 34.0 Å². The van der Waals surface area contributed by atoms with Gasteiger partial charge in [0.2, 0.25) is 0 Å². The van der Waals surface area contributed by atoms with Crippen molar-refractivity contribution in [2.45, 2.75) is 6.54 Å². The molecule has 2 rings (SSSR count). The molecule has 1 aromatic carbocycles. The van der Waals surface area contributed by atoms with E-state index in [1.165, 1.54) is 11.5 Å². The van der Waals surface area contributed by atoms with E-state index in [2.05, 4.69) is 9.69 Å². The van der Waals surface area contributed by atoms with Gasteiger partial charge in [0.05, 0.1) is 0 Å². The third-order valence-electron chi connectivity index (χ3n) is 1.94. The molecule has 15 heavy (non-hydrogen) atoms. The quantitative estimate of drug-likeness (QED) is 0.866. The maximum atomic E-state index is 6.02. The van der Waals surface area contributed by atoms with E-state index in [-0.39, 0.29) is 0 Å². The summed E-state index contributed by atoms with van der Waals surface area (Å²) in [5.74, 6) is 0.543. The summed E-state index contributed by atoms with van der Waals surface area (Å²) in [5.41, 5.74) is 6.57. The fourth-order valence-corrected chi connectivity index (χ4v) is 1.97. The Bertz CT molecular complexity index is 455. The average molecular weight is 240 g/mol. The molecule has 2 aromatic rings. The first-order valence-electron chi connectivity index (χ1n) is 4.45. The maximum Gasteiger partial charge on any atom is 0.139 e. The largest absolute Gasteiger partial charge is 0.383 e. The van der Waals surface area contributed by atoms with Gasteiger partial charge in [0.1, 0.15) is 10.8 Å². The van der Waals surface area contributed by atoms with Crippen molar-refractivity contribution in [1.29, 1.82) is 0 Å². The summed E-state index contributed by atoms with van der Waals surface area (Å²) in [6, 6.07) is 9.54. The molecule has 0 fully saturated rings. The lowest BCUT2D eigenvalue weighted by molar-refractivity contribution is 1.16. The molecule has 78 valence electrons. The van der Waals surface area contributed by atoms with Crippen LogP contribution < -0.4 is 11.1 Å². The van der Waals surface area contributed by atoms with Crippen LogP contribution in [0.5, 0.6) is 0 Å². The van der Waals surface area contributed by atoms with Gasteiger partial charge in [-0.05, 0) is 23.2 Å². The highest BCUT2D eigenvalue weighted by molar-refractivity contribution is 7.10. The number of nitrogens with one attached hydrogen (secondary N) is 1. The summed E-state index contributed by atoms with van der Waals surface area (Å²) in [6.45, 7) is 0.682. The predicted octanol–water partition coefficient (Wildman–Crippen LogP) is 2.99. The molecule has 0 radical (unpaired) electrons. The monoisotopic (exact) mass is 239 g/mol. The highest BCUT2D eigenvalue weighted by atomic mass is 35.5. The van der Waals surface area contributed by atoms with Crippen molar-refractivity contribution in [3.8, 4) is 0 Å². The Kier molecular flexibility index (Phi) is 3.08. The zero-order valence-corrected chi connectivity index (χ0v) is 9.48. The summed E-state index contributed by atoms with van der Waals surface area (Å²) in [5, 5.41) is 4.93. The Morgan fingerprint density at radius 3 is 2.87 bits per heavy atom. The van der Waals surface area contributed by atoms with E-state index >= 15 is 0 Å². The molecule has 3 nitrogen and oxygen atoms in total. The lowest BCUT2D eigenvalue weighted by Crippen LogP contribution is -1.97. The van der Waals surface area contributed by atoms with Gasteiger partial charge in [-0.15, -0.1) is 0 Å². The van der Waals surface area contributed by atoms with Crippen LogP contribution in [0.1, 0.15) is 5.56 Å². The molecule has 0 saturated heterocycles. The molecule has 0 amide bonds. The molecule has 0 aliphatic heterocycles. The van der Waals surface area contributed by atoms with E-state index in [9.17, 15) is 0 Å². The number of hydrogen-bond acceptors (Lipinski definition) is 4. The summed E-state index contributed by atoms with van der Waals surface area (Å²) in [4.78, 5) is 0. The van der Waals surface area contributed by atoms with Crippen LogP contribution >= 0.6 is 23.1 Å². The SMILES string of the molecule is Nc1cc(NCc2ccccc2Cl)sn1. The van der Waals surface area contributed by atoms with Crippen LogP contribution in [0.3, 0.4) is 0 Å². The van der Waals surface area contributed by atoms with Crippen LogP contribution in [0, 0.1) is 0 Å². The lowest BCUT2D eigenvalue weighted by atomic mass is 10.2. The van der Waals surface area contributed by atoms with Crippen LogP contribution in [0.15, 0.2) is 30.3 Å². The number of aromatic nitrogens is 1. The van der Waals surface area contributed by atoms with Gasteiger partial charge in [-0.1, -0.05) is 29.8 Å². The van der Waals surface area contributed by atoms with Crippen molar-refractivity contribution in [3.05, 3.63) is 40.9 Å². The maximum absolute atomic E-state index is 6.02. The summed E-state index contributed by atoms with van der Waals surface area (Å²) < 4.78 is 3.98. The molecule has 0 unspecified atom stereocenters. The number of nitrogens with zero attached hydrogens (tertiary/aromatic N) is 1. The molecular formula is C10H10ClN3S. The van der Waals surface area contributed by atoms with E-state index in [0.717, 1.165) is 15.6 Å². The van der Waals surface area contributed by atoms with Crippen molar-refractivity contribution in [3.63, 3.8) is 0 Å². The third-order valence-corrected chi connectivity index (χ3v) is 3.07. The summed E-state index contributed by atoms with van der Waals surface area (Å²) in [6.07, 6.45) is 0. The van der Waals surface area contributed by atoms with Gasteiger partial charge in [-0.3, -0.25) is 0 Å². The van der Waals surface area contributed by atoms with Crippen molar-refractivity contribution in [1.82, 2.24) is 4.37 Å². The number of nitrogen functional groups attached to an aromatic ring is 1. The van der Waals surface area contributed by atoms with Gasteiger partial charge in [0.15, 0.2) is 0 Å². The second kappa shape index (κ2) is 4.51. The minimum absolute atomic E-state index is 0.543. The normalized spacial score (nSPS) is 10.2. The number of anilines is 2. The molecule has 1 heterocycles. The van der Waals surface area contributed by atoms with E-state index in [1.54, 1.807) is 0 Å². The van der Waals surface area contributed by atoms with Gasteiger partial charge < -0.3 is 11.1 Å². The van der Waals surface area contributed by atoms with Gasteiger partial charge >= 0.3 is 0 Å². The number of hydrogen-bond donors (Lipinski definition) is 2. The average Bonchev–Trinajstić information content (AvgIpc) is 2.63. The first-order valence-corrected chi connectivity index (χ1v) is 5.60. The first kappa shape index (κ1) is 10.3. The Hall–Kier alpha value is -1.26. The Balaban J connectivity index is 2.02. The Morgan fingerprint density at radius 2 is 2.20 bits per heavy atom. The minimum atomic E-state index is 0.543. The van der Waals surface area contributed by atoms with Gasteiger partial charge in [0, 0.05) is 17.6 Å². The van der Waals surface area contributed by atoms with Crippen LogP contribution in [0.25, 0.3) is 0 Å². The fraction of sp³-hybridized carbons (Fsp3) is 0.100. The minimum Gasteiger partial charge on any atom is -0.383 e. The van der Waals surface area contributed by atoms with Gasteiger partial charge in [0.25, 0.3) is 0 Å². The van der Waals surface area contributed by atoms with Gasteiger partial charge in [-0.2, -0.15) is 4.37 Å². The molecule has 0 spiro atoms. The van der Waals surface area contributed by atoms with Crippen LogP contribution in [-0.2, 0) is 6.54 Å². The van der Waals surface area contributed by atoms with E-state index in [1.807, 2.05) is 30.3 Å². The lowest BCUT2D eigenvalue weighted by Gasteiger charge is -2.04. The Morgan fingerprint density at radius 1 is 1.40 bits per heavy atom. The topological polar surface area (TPSA) is 50.9 Å². The first-order chi connectivity index (χ1) is 7.25. The number of nitrogens with two attached hydrogens (primary N) is 1. The molecule has 3 N–H and O–H groups in total. The van der Waals surface area contributed by atoms with Gasteiger partial charge in [-0.25, -0.2) is 0 Å². The zero-order chi connectivity index (χ0) is 10.7. The number of halogens is 1. The van der Waals surface area contributed by atoms with Crippen LogP contribution in [0.2, 0.25) is 5.02 Å². The van der Waals surface area contributed by atoms with E-state index in [4.69, 9.17) is 17.3 Å². The molecule has 0 saturated carbocycles. The summed E-state index contributed by atoms with van der Waals surface area (Å²) >= 11 is 7.36. The molecular weight excluding hydrogens is 230 g/mol. The second-order valence-electron chi connectivity index (χ2n) is 3.06. The van der Waals surface area contributed by atoms with E-state index < -0.39 is 0 Å². The molecule has 0 aliphatic rings. The Labute approximate surface area is 97.0 Å². The van der Waals surface area contributed by atoms with E-state index in [0.29, 0.717) is 12.4 Å². The zero-order valence-electron chi connectivity index (χ0n) is 7.90.